The molecule has 2 nitrogen and oxygen atoms in total. The van der Waals surface area contributed by atoms with Crippen molar-refractivity contribution in [1.82, 2.24) is 4.90 Å². The molecular formula is C11H19NO. The molecule has 2 heterocycles. The molecule has 0 radical (unpaired) electrons. The number of nitrogens with zero attached hydrogens (tertiary/aromatic N) is 1. The van der Waals surface area contributed by atoms with Crippen LogP contribution in [0.2, 0.25) is 0 Å². The van der Waals surface area contributed by atoms with E-state index in [9.17, 15) is 4.79 Å². The van der Waals surface area contributed by atoms with E-state index in [0.29, 0.717) is 5.91 Å². The third-order valence-electron chi connectivity index (χ3n) is 3.78. The highest BCUT2D eigenvalue weighted by atomic mass is 16.2. The molecule has 0 spiro atoms. The van der Waals surface area contributed by atoms with Crippen LogP contribution in [0.25, 0.3) is 0 Å². The molecule has 0 aromatic rings. The van der Waals surface area contributed by atoms with Crippen LogP contribution in [0.1, 0.15) is 52.9 Å². The number of piperidine rings is 1. The van der Waals surface area contributed by atoms with Crippen LogP contribution in [-0.2, 0) is 4.79 Å². The Balaban J connectivity index is 2.35. The Morgan fingerprint density at radius 3 is 2.46 bits per heavy atom. The lowest BCUT2D eigenvalue weighted by Crippen LogP contribution is -2.57. The highest BCUT2D eigenvalue weighted by molar-refractivity contribution is 5.80. The molecule has 0 unspecified atom stereocenters. The molecule has 2 aliphatic heterocycles. The SMILES string of the molecule is CC1(C)CCC[C@@]2(C)CCC(=O)N12. The molecule has 0 aromatic heterocycles. The minimum Gasteiger partial charge on any atom is -0.332 e. The summed E-state index contributed by atoms with van der Waals surface area (Å²) in [5.74, 6) is 0.368. The van der Waals surface area contributed by atoms with Crippen LogP contribution in [-0.4, -0.2) is 21.9 Å². The third-order valence-corrected chi connectivity index (χ3v) is 3.78. The van der Waals surface area contributed by atoms with Crippen molar-refractivity contribution in [3.05, 3.63) is 0 Å². The topological polar surface area (TPSA) is 20.3 Å². The fraction of sp³-hybridized carbons (Fsp3) is 0.909. The lowest BCUT2D eigenvalue weighted by Gasteiger charge is -2.50. The first-order valence-electron chi connectivity index (χ1n) is 5.29. The predicted molar refractivity (Wildman–Crippen MR) is 52.4 cm³/mol. The summed E-state index contributed by atoms with van der Waals surface area (Å²) in [5.41, 5.74) is 0.277. The zero-order valence-corrected chi connectivity index (χ0v) is 8.89. The molecule has 0 aromatic carbocycles. The second-order valence-electron chi connectivity index (χ2n) is 5.39. The van der Waals surface area contributed by atoms with E-state index in [-0.39, 0.29) is 11.1 Å². The summed E-state index contributed by atoms with van der Waals surface area (Å²) in [7, 11) is 0. The fourth-order valence-corrected chi connectivity index (χ4v) is 3.22. The van der Waals surface area contributed by atoms with Crippen molar-refractivity contribution >= 4 is 5.91 Å². The average Bonchev–Trinajstić information content (AvgIpc) is 2.27. The van der Waals surface area contributed by atoms with Gasteiger partial charge >= 0.3 is 0 Å². The molecule has 0 aliphatic carbocycles. The molecule has 2 saturated heterocycles. The zero-order chi connectivity index (χ0) is 9.69. The van der Waals surface area contributed by atoms with Gasteiger partial charge in [0.2, 0.25) is 5.91 Å². The van der Waals surface area contributed by atoms with Crippen LogP contribution in [0.15, 0.2) is 0 Å². The number of carbonyl (C=O) groups is 1. The van der Waals surface area contributed by atoms with Gasteiger partial charge in [-0.25, -0.2) is 0 Å². The molecule has 2 heteroatoms. The predicted octanol–water partition coefficient (Wildman–Crippen LogP) is 2.33. The first-order valence-corrected chi connectivity index (χ1v) is 5.29. The zero-order valence-electron chi connectivity index (χ0n) is 8.89. The van der Waals surface area contributed by atoms with Crippen LogP contribution in [0, 0.1) is 0 Å². The molecule has 2 fully saturated rings. The van der Waals surface area contributed by atoms with E-state index in [0.717, 1.165) is 19.3 Å². The second kappa shape index (κ2) is 2.49. The molecule has 2 aliphatic rings. The van der Waals surface area contributed by atoms with Crippen LogP contribution >= 0.6 is 0 Å². The average molecular weight is 181 g/mol. The van der Waals surface area contributed by atoms with E-state index in [1.165, 1.54) is 12.8 Å². The summed E-state index contributed by atoms with van der Waals surface area (Å²) in [6.07, 6.45) is 5.46. The summed E-state index contributed by atoms with van der Waals surface area (Å²) in [5, 5.41) is 0. The van der Waals surface area contributed by atoms with Crippen LogP contribution in [0.3, 0.4) is 0 Å². The second-order valence-corrected chi connectivity index (χ2v) is 5.39. The Morgan fingerprint density at radius 1 is 1.15 bits per heavy atom. The maximum Gasteiger partial charge on any atom is 0.223 e. The Hall–Kier alpha value is -0.530. The van der Waals surface area contributed by atoms with E-state index in [1.54, 1.807) is 0 Å². The Kier molecular flexibility index (Phi) is 1.73. The highest BCUT2D eigenvalue weighted by Gasteiger charge is 2.50. The van der Waals surface area contributed by atoms with Gasteiger partial charge in [-0.2, -0.15) is 0 Å². The molecule has 74 valence electrons. The first kappa shape index (κ1) is 9.04. The van der Waals surface area contributed by atoms with Crippen molar-refractivity contribution in [1.29, 1.82) is 0 Å². The van der Waals surface area contributed by atoms with Crippen LogP contribution < -0.4 is 0 Å². The number of rotatable bonds is 0. The fourth-order valence-electron chi connectivity index (χ4n) is 3.22. The molecule has 0 bridgehead atoms. The quantitative estimate of drug-likeness (QED) is 0.561. The minimum absolute atomic E-state index is 0.0978. The van der Waals surface area contributed by atoms with E-state index in [4.69, 9.17) is 0 Å². The summed E-state index contributed by atoms with van der Waals surface area (Å²) >= 11 is 0. The van der Waals surface area contributed by atoms with Gasteiger partial charge in [0.1, 0.15) is 0 Å². The van der Waals surface area contributed by atoms with Crippen LogP contribution in [0.4, 0.5) is 0 Å². The van der Waals surface area contributed by atoms with E-state index in [2.05, 4.69) is 25.7 Å². The van der Waals surface area contributed by atoms with Crippen molar-refractivity contribution < 1.29 is 4.79 Å². The lowest BCUT2D eigenvalue weighted by atomic mass is 9.80. The number of amides is 1. The smallest absolute Gasteiger partial charge is 0.223 e. The van der Waals surface area contributed by atoms with Crippen LogP contribution in [0.5, 0.6) is 0 Å². The number of hydrogen-bond acceptors (Lipinski definition) is 1. The van der Waals surface area contributed by atoms with Gasteiger partial charge in [0, 0.05) is 17.5 Å². The van der Waals surface area contributed by atoms with Gasteiger partial charge in [-0.05, 0) is 46.5 Å². The van der Waals surface area contributed by atoms with Crippen molar-refractivity contribution in [2.45, 2.75) is 64.0 Å². The van der Waals surface area contributed by atoms with Gasteiger partial charge in [0.05, 0.1) is 0 Å². The van der Waals surface area contributed by atoms with E-state index in [1.807, 2.05) is 0 Å². The normalized spacial score (nSPS) is 37.8. The Bertz CT molecular complexity index is 246. The summed E-state index contributed by atoms with van der Waals surface area (Å²) in [6, 6.07) is 0. The minimum atomic E-state index is 0.0978. The summed E-state index contributed by atoms with van der Waals surface area (Å²) in [6.45, 7) is 6.65. The number of fused-ring (bicyclic) bond motifs is 1. The molecule has 13 heavy (non-hydrogen) atoms. The van der Waals surface area contributed by atoms with Crippen molar-refractivity contribution in [3.63, 3.8) is 0 Å². The van der Waals surface area contributed by atoms with Gasteiger partial charge < -0.3 is 4.90 Å². The lowest BCUT2D eigenvalue weighted by molar-refractivity contribution is -0.140. The molecule has 1 atom stereocenters. The van der Waals surface area contributed by atoms with Gasteiger partial charge in [0.25, 0.3) is 0 Å². The number of carbonyl (C=O) groups excluding carboxylic acids is 1. The number of hydrogen-bond donors (Lipinski definition) is 0. The largest absolute Gasteiger partial charge is 0.332 e. The van der Waals surface area contributed by atoms with Gasteiger partial charge in [-0.15, -0.1) is 0 Å². The maximum absolute atomic E-state index is 11.8. The van der Waals surface area contributed by atoms with Gasteiger partial charge in [0.15, 0.2) is 0 Å². The molecule has 2 rings (SSSR count). The highest BCUT2D eigenvalue weighted by Crippen LogP contribution is 2.45. The molecule has 0 saturated carbocycles. The third kappa shape index (κ3) is 1.18. The molecule has 1 amide bonds. The van der Waals surface area contributed by atoms with Crippen molar-refractivity contribution in [3.8, 4) is 0 Å². The summed E-state index contributed by atoms with van der Waals surface area (Å²) < 4.78 is 0. The first-order chi connectivity index (χ1) is 5.96. The monoisotopic (exact) mass is 181 g/mol. The molecule has 0 N–H and O–H groups in total. The standard InChI is InChI=1S/C11H19NO/c1-10(2)6-4-7-11(3)8-5-9(13)12(10)11/h4-8H2,1-3H3/t11-/m0/s1. The molecular weight excluding hydrogens is 162 g/mol. The van der Waals surface area contributed by atoms with Gasteiger partial charge in [-0.3, -0.25) is 4.79 Å². The Morgan fingerprint density at radius 2 is 1.85 bits per heavy atom. The maximum atomic E-state index is 11.8. The Labute approximate surface area is 80.3 Å². The van der Waals surface area contributed by atoms with E-state index < -0.39 is 0 Å². The van der Waals surface area contributed by atoms with Crippen molar-refractivity contribution in [2.24, 2.45) is 0 Å². The van der Waals surface area contributed by atoms with E-state index >= 15 is 0 Å². The van der Waals surface area contributed by atoms with Crippen molar-refractivity contribution in [2.75, 3.05) is 0 Å². The summed E-state index contributed by atoms with van der Waals surface area (Å²) in [4.78, 5) is 13.9. The van der Waals surface area contributed by atoms with Gasteiger partial charge in [-0.1, -0.05) is 0 Å².